The van der Waals surface area contributed by atoms with Crippen molar-refractivity contribution in [1.82, 2.24) is 10.2 Å². The molecule has 15 heteroatoms. The number of amides is 5. The molecule has 45 heavy (non-hydrogen) atoms. The number of aryl methyl sites for hydroxylation is 1. The number of hydrogen-bond donors (Lipinski definition) is 6. The second-order valence-electron chi connectivity index (χ2n) is 10.2. The number of ether oxygens (including phenoxy) is 1. The van der Waals surface area contributed by atoms with Crippen LogP contribution in [0.4, 0.5) is 15.3 Å². The Morgan fingerprint density at radius 3 is 2.42 bits per heavy atom. The highest BCUT2D eigenvalue weighted by Crippen LogP contribution is 2.22. The number of imide groups is 1. The number of rotatable bonds is 14. The summed E-state index contributed by atoms with van der Waals surface area (Å²) in [5.74, 6) is -1.76. The van der Waals surface area contributed by atoms with Crippen LogP contribution in [-0.2, 0) is 20.9 Å². The van der Waals surface area contributed by atoms with Crippen LogP contribution in [0, 0.1) is 6.92 Å². The van der Waals surface area contributed by atoms with Crippen LogP contribution in [0.1, 0.15) is 36.8 Å². The van der Waals surface area contributed by atoms with Crippen LogP contribution in [0.2, 0.25) is 0 Å². The number of primary amides is 1. The highest BCUT2D eigenvalue weighted by molar-refractivity contribution is 6.04. The first-order valence-electron chi connectivity index (χ1n) is 14.2. The van der Waals surface area contributed by atoms with Crippen molar-refractivity contribution in [2.45, 2.75) is 51.3 Å². The summed E-state index contributed by atoms with van der Waals surface area (Å²) in [4.78, 5) is 68.6. The van der Waals surface area contributed by atoms with Crippen LogP contribution in [0.25, 0.3) is 11.0 Å². The number of benzene rings is 2. The van der Waals surface area contributed by atoms with Gasteiger partial charge in [-0.05, 0) is 55.9 Å². The van der Waals surface area contributed by atoms with E-state index in [2.05, 4.69) is 15.6 Å². The third-order valence-corrected chi connectivity index (χ3v) is 6.71. The molecule has 5 amide bonds. The monoisotopic (exact) mass is 622 g/mol. The number of urea groups is 1. The van der Waals surface area contributed by atoms with Crippen molar-refractivity contribution in [2.24, 2.45) is 27.9 Å². The van der Waals surface area contributed by atoms with Gasteiger partial charge >= 0.3 is 17.7 Å². The Hall–Kier alpha value is -5.44. The quantitative estimate of drug-likeness (QED) is 0.0652. The van der Waals surface area contributed by atoms with E-state index in [1.807, 2.05) is 0 Å². The molecule has 15 nitrogen and oxygen atoms in total. The maximum absolute atomic E-state index is 13.8. The summed E-state index contributed by atoms with van der Waals surface area (Å²) in [5.41, 5.74) is 23.4. The molecule has 10 N–H and O–H groups in total. The zero-order valence-corrected chi connectivity index (χ0v) is 24.9. The highest BCUT2D eigenvalue weighted by atomic mass is 16.6. The van der Waals surface area contributed by atoms with Gasteiger partial charge in [-0.25, -0.2) is 19.3 Å². The van der Waals surface area contributed by atoms with Gasteiger partial charge < -0.3 is 42.7 Å². The van der Waals surface area contributed by atoms with Crippen LogP contribution in [0.3, 0.4) is 0 Å². The fourth-order valence-corrected chi connectivity index (χ4v) is 4.49. The molecule has 3 rings (SSSR count). The minimum absolute atomic E-state index is 0.0491. The fourth-order valence-electron chi connectivity index (χ4n) is 4.49. The van der Waals surface area contributed by atoms with E-state index in [4.69, 9.17) is 32.1 Å². The number of hydrogen-bond acceptors (Lipinski definition) is 9. The van der Waals surface area contributed by atoms with Crippen molar-refractivity contribution >= 4 is 46.6 Å². The van der Waals surface area contributed by atoms with Gasteiger partial charge in [-0.3, -0.25) is 14.6 Å². The lowest BCUT2D eigenvalue weighted by Crippen LogP contribution is -2.55. The molecular weight excluding hydrogens is 584 g/mol. The van der Waals surface area contributed by atoms with Crippen molar-refractivity contribution in [3.8, 4) is 0 Å². The van der Waals surface area contributed by atoms with E-state index >= 15 is 0 Å². The summed E-state index contributed by atoms with van der Waals surface area (Å²) >= 11 is 0. The summed E-state index contributed by atoms with van der Waals surface area (Å²) in [7, 11) is 0. The number of guanidine groups is 1. The van der Waals surface area contributed by atoms with Crippen molar-refractivity contribution in [3.05, 3.63) is 76.1 Å². The lowest BCUT2D eigenvalue weighted by Gasteiger charge is -2.30. The topological polar surface area (TPSA) is 251 Å². The summed E-state index contributed by atoms with van der Waals surface area (Å²) in [6.07, 6.45) is -0.600. The Balaban J connectivity index is 1.93. The molecule has 1 heterocycles. The number of nitrogens with two attached hydrogens (primary N) is 4. The number of carbonyl (C=O) groups excluding carboxylic acids is 4. The predicted molar refractivity (Wildman–Crippen MR) is 168 cm³/mol. The Bertz CT molecular complexity index is 1590. The molecule has 0 aliphatic heterocycles. The normalized spacial score (nSPS) is 12.0. The molecule has 0 fully saturated rings. The number of anilines is 1. The van der Waals surface area contributed by atoms with Crippen LogP contribution in [0.15, 0.2) is 68.8 Å². The molecule has 0 aliphatic rings. The molecule has 3 aromatic rings. The van der Waals surface area contributed by atoms with Crippen molar-refractivity contribution in [3.63, 3.8) is 0 Å². The highest BCUT2D eigenvalue weighted by Gasteiger charge is 2.38. The molecule has 0 aliphatic carbocycles. The smallest absolute Gasteiger partial charge is 0.417 e. The van der Waals surface area contributed by atoms with Crippen LogP contribution >= 0.6 is 0 Å². The van der Waals surface area contributed by atoms with Crippen LogP contribution < -0.4 is 39.2 Å². The van der Waals surface area contributed by atoms with Gasteiger partial charge in [0.2, 0.25) is 11.8 Å². The number of carbonyl (C=O) groups is 4. The third kappa shape index (κ3) is 10.4. The van der Waals surface area contributed by atoms with E-state index < -0.39 is 41.6 Å². The molecular formula is C30H38N8O7. The molecule has 0 saturated heterocycles. The standard InChI is InChI=1S/C30H38N8O7/c1-18-15-25(39)45-24-16-20(11-12-21(18)24)37-26(40)23(10-6-13-35-28(32)33)38(27(41)22(31)9-5-14-36-29(34)42)30(43)44-17-19-7-3-2-4-8-19/h2-4,7-8,11-12,15-16,22-23H,5-6,9-10,13-14,17,31H2,1H3,(H,37,40)(H4,32,33,35)(H3,34,36,42)/t22-,23-/m0/s1. The maximum Gasteiger partial charge on any atom is 0.417 e. The molecule has 0 unspecified atom stereocenters. The van der Waals surface area contributed by atoms with Crippen molar-refractivity contribution < 1.29 is 28.3 Å². The molecule has 0 bridgehead atoms. The minimum atomic E-state index is -1.40. The van der Waals surface area contributed by atoms with Gasteiger partial charge in [-0.15, -0.1) is 0 Å². The van der Waals surface area contributed by atoms with Crippen LogP contribution in [0.5, 0.6) is 0 Å². The van der Waals surface area contributed by atoms with E-state index in [1.165, 1.54) is 12.1 Å². The SMILES string of the molecule is Cc1cc(=O)oc2cc(NC(=O)[C@H](CCCN=C(N)N)N(C(=O)OCc3ccccc3)C(=O)[C@@H](N)CCCNC(N)=O)ccc12. The number of aliphatic imine (C=N–C) groups is 1. The molecule has 0 radical (unpaired) electrons. The van der Waals surface area contributed by atoms with E-state index in [0.717, 1.165) is 0 Å². The minimum Gasteiger partial charge on any atom is -0.444 e. The van der Waals surface area contributed by atoms with Gasteiger partial charge in [0.25, 0.3) is 0 Å². The first-order valence-corrected chi connectivity index (χ1v) is 14.2. The van der Waals surface area contributed by atoms with Gasteiger partial charge in [0.1, 0.15) is 18.2 Å². The molecule has 2 atom stereocenters. The van der Waals surface area contributed by atoms with Crippen molar-refractivity contribution in [1.29, 1.82) is 0 Å². The van der Waals surface area contributed by atoms with Gasteiger partial charge in [-0.2, -0.15) is 0 Å². The third-order valence-electron chi connectivity index (χ3n) is 6.71. The average Bonchev–Trinajstić information content (AvgIpc) is 2.99. The lowest BCUT2D eigenvalue weighted by atomic mass is 10.1. The molecule has 0 saturated carbocycles. The number of fused-ring (bicyclic) bond motifs is 1. The van der Waals surface area contributed by atoms with E-state index in [-0.39, 0.29) is 62.6 Å². The molecule has 1 aromatic heterocycles. The zero-order valence-electron chi connectivity index (χ0n) is 24.9. The molecule has 0 spiro atoms. The van der Waals surface area contributed by atoms with Gasteiger partial charge in [0, 0.05) is 36.3 Å². The summed E-state index contributed by atoms with van der Waals surface area (Å²) in [6.45, 7) is 1.84. The number of nitrogens with zero attached hydrogens (tertiary/aromatic N) is 2. The van der Waals surface area contributed by atoms with Crippen molar-refractivity contribution in [2.75, 3.05) is 18.4 Å². The van der Waals surface area contributed by atoms with E-state index in [1.54, 1.807) is 49.4 Å². The number of nitrogens with one attached hydrogen (secondary N) is 2. The maximum atomic E-state index is 13.8. The van der Waals surface area contributed by atoms with Gasteiger partial charge in [0.15, 0.2) is 5.96 Å². The average molecular weight is 623 g/mol. The Kier molecular flexibility index (Phi) is 12.4. The van der Waals surface area contributed by atoms with Gasteiger partial charge in [-0.1, -0.05) is 30.3 Å². The Morgan fingerprint density at radius 2 is 1.73 bits per heavy atom. The lowest BCUT2D eigenvalue weighted by molar-refractivity contribution is -0.138. The zero-order chi connectivity index (χ0) is 32.9. The summed E-state index contributed by atoms with van der Waals surface area (Å²) in [6, 6.07) is 11.5. The first kappa shape index (κ1) is 34.1. The van der Waals surface area contributed by atoms with E-state index in [9.17, 15) is 24.0 Å². The Morgan fingerprint density at radius 1 is 1.00 bits per heavy atom. The summed E-state index contributed by atoms with van der Waals surface area (Å²) in [5, 5.41) is 5.77. The largest absolute Gasteiger partial charge is 0.444 e. The second kappa shape index (κ2) is 16.4. The van der Waals surface area contributed by atoms with Crippen LogP contribution in [-0.4, -0.2) is 60.0 Å². The van der Waals surface area contributed by atoms with E-state index in [0.29, 0.717) is 21.4 Å². The van der Waals surface area contributed by atoms with Gasteiger partial charge in [0.05, 0.1) is 6.04 Å². The first-order chi connectivity index (χ1) is 21.5. The molecule has 2 aromatic carbocycles. The molecule has 240 valence electrons. The predicted octanol–water partition coefficient (Wildman–Crippen LogP) is 1.40. The second-order valence-corrected chi connectivity index (χ2v) is 10.2. The fraction of sp³-hybridized carbons (Fsp3) is 0.333. The Labute approximate surface area is 258 Å². The summed E-state index contributed by atoms with van der Waals surface area (Å²) < 4.78 is 10.8.